The van der Waals surface area contributed by atoms with E-state index in [1.807, 2.05) is 17.5 Å². The molecule has 0 fully saturated rings. The number of benzene rings is 1. The van der Waals surface area contributed by atoms with Crippen LogP contribution in [0.5, 0.6) is 0 Å². The first-order chi connectivity index (χ1) is 9.15. The van der Waals surface area contributed by atoms with Crippen molar-refractivity contribution in [1.82, 2.24) is 10.6 Å². The van der Waals surface area contributed by atoms with Gasteiger partial charge in [0, 0.05) is 15.5 Å². The third kappa shape index (κ3) is 4.31. The van der Waals surface area contributed by atoms with Crippen LogP contribution in [0, 0.1) is 0 Å². The number of thiocarbonyl (C=S) groups is 1. The van der Waals surface area contributed by atoms with Crippen molar-refractivity contribution >= 4 is 46.2 Å². The molecule has 6 heteroatoms. The van der Waals surface area contributed by atoms with Gasteiger partial charge >= 0.3 is 0 Å². The van der Waals surface area contributed by atoms with Crippen molar-refractivity contribution < 1.29 is 4.79 Å². The normalized spacial score (nSPS) is 9.95. The SMILES string of the molecule is O=C(NC(=S)NCc1cccs1)c1cccc(Cl)c1. The highest BCUT2D eigenvalue weighted by atomic mass is 35.5. The molecule has 0 saturated heterocycles. The minimum absolute atomic E-state index is 0.272. The summed E-state index contributed by atoms with van der Waals surface area (Å²) in [5.74, 6) is -0.272. The fraction of sp³-hybridized carbons (Fsp3) is 0.0769. The summed E-state index contributed by atoms with van der Waals surface area (Å²) in [5, 5.41) is 8.40. The molecule has 0 aliphatic rings. The molecular weight excluding hydrogens is 300 g/mol. The summed E-state index contributed by atoms with van der Waals surface area (Å²) in [4.78, 5) is 13.0. The van der Waals surface area contributed by atoms with Crippen LogP contribution in [0.3, 0.4) is 0 Å². The third-order valence-corrected chi connectivity index (χ3v) is 3.68. The average molecular weight is 311 g/mol. The lowest BCUT2D eigenvalue weighted by atomic mass is 10.2. The molecule has 98 valence electrons. The Bertz CT molecular complexity index is 584. The Morgan fingerprint density at radius 2 is 2.16 bits per heavy atom. The predicted molar refractivity (Wildman–Crippen MR) is 82.7 cm³/mol. The zero-order chi connectivity index (χ0) is 13.7. The monoisotopic (exact) mass is 310 g/mol. The molecule has 1 amide bonds. The van der Waals surface area contributed by atoms with Crippen LogP contribution in [0.1, 0.15) is 15.2 Å². The van der Waals surface area contributed by atoms with Crippen LogP contribution in [-0.2, 0) is 6.54 Å². The number of halogens is 1. The summed E-state index contributed by atoms with van der Waals surface area (Å²) < 4.78 is 0. The summed E-state index contributed by atoms with van der Waals surface area (Å²) in [7, 11) is 0. The lowest BCUT2D eigenvalue weighted by Gasteiger charge is -2.08. The molecule has 1 heterocycles. The number of thiophene rings is 1. The van der Waals surface area contributed by atoms with Gasteiger partial charge in [0.1, 0.15) is 0 Å². The summed E-state index contributed by atoms with van der Waals surface area (Å²) in [6.07, 6.45) is 0. The number of hydrogen-bond acceptors (Lipinski definition) is 3. The highest BCUT2D eigenvalue weighted by Gasteiger charge is 2.07. The van der Waals surface area contributed by atoms with Crippen LogP contribution >= 0.6 is 35.2 Å². The molecule has 2 aromatic rings. The topological polar surface area (TPSA) is 41.1 Å². The van der Waals surface area contributed by atoms with Gasteiger partial charge in [-0.25, -0.2) is 0 Å². The summed E-state index contributed by atoms with van der Waals surface area (Å²) in [5.41, 5.74) is 0.479. The number of nitrogens with one attached hydrogen (secondary N) is 2. The highest BCUT2D eigenvalue weighted by molar-refractivity contribution is 7.80. The fourth-order valence-corrected chi connectivity index (χ4v) is 2.43. The maximum Gasteiger partial charge on any atom is 0.257 e. The van der Waals surface area contributed by atoms with E-state index in [9.17, 15) is 4.79 Å². The minimum atomic E-state index is -0.272. The van der Waals surface area contributed by atoms with E-state index in [4.69, 9.17) is 23.8 Å². The Hall–Kier alpha value is -1.43. The van der Waals surface area contributed by atoms with Gasteiger partial charge in [-0.15, -0.1) is 11.3 Å². The van der Waals surface area contributed by atoms with E-state index in [1.54, 1.807) is 35.6 Å². The molecule has 0 radical (unpaired) electrons. The Balaban J connectivity index is 1.86. The number of rotatable bonds is 3. The van der Waals surface area contributed by atoms with Gasteiger partial charge in [-0.05, 0) is 41.9 Å². The summed E-state index contributed by atoms with van der Waals surface area (Å²) in [6.45, 7) is 0.603. The molecule has 1 aromatic carbocycles. The van der Waals surface area contributed by atoms with E-state index >= 15 is 0 Å². The molecule has 0 spiro atoms. The van der Waals surface area contributed by atoms with Gasteiger partial charge < -0.3 is 5.32 Å². The van der Waals surface area contributed by atoms with Crippen LogP contribution in [0.4, 0.5) is 0 Å². The lowest BCUT2D eigenvalue weighted by Crippen LogP contribution is -2.38. The van der Waals surface area contributed by atoms with Gasteiger partial charge in [-0.2, -0.15) is 0 Å². The molecule has 0 saturated carbocycles. The Kier molecular flexibility index (Phi) is 4.90. The molecule has 0 bridgehead atoms. The molecule has 3 nitrogen and oxygen atoms in total. The van der Waals surface area contributed by atoms with Gasteiger partial charge in [-0.3, -0.25) is 10.1 Å². The van der Waals surface area contributed by atoms with Crippen molar-refractivity contribution in [3.63, 3.8) is 0 Å². The average Bonchev–Trinajstić information content (AvgIpc) is 2.89. The van der Waals surface area contributed by atoms with Crippen LogP contribution in [-0.4, -0.2) is 11.0 Å². The van der Waals surface area contributed by atoms with Gasteiger partial charge in [0.2, 0.25) is 0 Å². The van der Waals surface area contributed by atoms with E-state index < -0.39 is 0 Å². The highest BCUT2D eigenvalue weighted by Crippen LogP contribution is 2.10. The first-order valence-corrected chi connectivity index (χ1v) is 7.19. The van der Waals surface area contributed by atoms with Crippen molar-refractivity contribution in [1.29, 1.82) is 0 Å². The van der Waals surface area contributed by atoms with E-state index in [0.717, 1.165) is 4.88 Å². The minimum Gasteiger partial charge on any atom is -0.357 e. The third-order valence-electron chi connectivity index (χ3n) is 2.32. The second kappa shape index (κ2) is 6.65. The first kappa shape index (κ1) is 14.0. The maximum atomic E-state index is 11.9. The lowest BCUT2D eigenvalue weighted by molar-refractivity contribution is 0.0976. The van der Waals surface area contributed by atoms with E-state index in [0.29, 0.717) is 22.2 Å². The quantitative estimate of drug-likeness (QED) is 0.855. The van der Waals surface area contributed by atoms with E-state index in [1.165, 1.54) is 0 Å². The Labute approximate surface area is 125 Å². The molecular formula is C13H11ClN2OS2. The van der Waals surface area contributed by atoms with Crippen molar-refractivity contribution in [2.45, 2.75) is 6.54 Å². The van der Waals surface area contributed by atoms with Crippen molar-refractivity contribution in [2.24, 2.45) is 0 Å². The van der Waals surface area contributed by atoms with E-state index in [2.05, 4.69) is 10.6 Å². The van der Waals surface area contributed by atoms with Crippen molar-refractivity contribution in [3.05, 3.63) is 57.2 Å². The molecule has 1 aromatic heterocycles. The van der Waals surface area contributed by atoms with Crippen LogP contribution in [0.25, 0.3) is 0 Å². The van der Waals surface area contributed by atoms with Gasteiger partial charge in [0.15, 0.2) is 5.11 Å². The number of carbonyl (C=O) groups is 1. The van der Waals surface area contributed by atoms with Crippen LogP contribution in [0.15, 0.2) is 41.8 Å². The van der Waals surface area contributed by atoms with Crippen LogP contribution in [0.2, 0.25) is 5.02 Å². The second-order valence-corrected chi connectivity index (χ2v) is 5.60. The van der Waals surface area contributed by atoms with Gasteiger partial charge in [0.05, 0.1) is 6.54 Å². The molecule has 2 rings (SSSR count). The first-order valence-electron chi connectivity index (χ1n) is 5.52. The Morgan fingerprint density at radius 3 is 2.84 bits per heavy atom. The largest absolute Gasteiger partial charge is 0.357 e. The van der Waals surface area contributed by atoms with E-state index in [-0.39, 0.29) is 5.91 Å². The van der Waals surface area contributed by atoms with Crippen molar-refractivity contribution in [2.75, 3.05) is 0 Å². The molecule has 0 atom stereocenters. The fourth-order valence-electron chi connectivity index (χ4n) is 1.43. The van der Waals surface area contributed by atoms with Crippen LogP contribution < -0.4 is 10.6 Å². The second-order valence-electron chi connectivity index (χ2n) is 3.73. The number of amides is 1. The molecule has 0 unspecified atom stereocenters. The Morgan fingerprint density at radius 1 is 1.32 bits per heavy atom. The molecule has 0 aliphatic carbocycles. The summed E-state index contributed by atoms with van der Waals surface area (Å²) in [6, 6.07) is 10.7. The van der Waals surface area contributed by atoms with Gasteiger partial charge in [-0.1, -0.05) is 23.7 Å². The number of hydrogen-bond donors (Lipinski definition) is 2. The molecule has 2 N–H and O–H groups in total. The van der Waals surface area contributed by atoms with Crippen molar-refractivity contribution in [3.8, 4) is 0 Å². The predicted octanol–water partition coefficient (Wildman–Crippen LogP) is 3.21. The van der Waals surface area contributed by atoms with Gasteiger partial charge in [0.25, 0.3) is 5.91 Å². The number of carbonyl (C=O) groups excluding carboxylic acids is 1. The summed E-state index contributed by atoms with van der Waals surface area (Å²) >= 11 is 12.5. The standard InChI is InChI=1S/C13H11ClN2OS2/c14-10-4-1-3-9(7-10)12(17)16-13(18)15-8-11-5-2-6-19-11/h1-7H,8H2,(H2,15,16,17,18). The zero-order valence-electron chi connectivity index (χ0n) is 9.85. The maximum absolute atomic E-state index is 11.9. The molecule has 19 heavy (non-hydrogen) atoms. The zero-order valence-corrected chi connectivity index (χ0v) is 12.2. The smallest absolute Gasteiger partial charge is 0.257 e. The molecule has 0 aliphatic heterocycles.